The van der Waals surface area contributed by atoms with Gasteiger partial charge in [0.1, 0.15) is 0 Å². The van der Waals surface area contributed by atoms with Crippen molar-refractivity contribution < 1.29 is 9.84 Å². The van der Waals surface area contributed by atoms with Crippen LogP contribution in [0.3, 0.4) is 0 Å². The second-order valence-corrected chi connectivity index (χ2v) is 4.24. The van der Waals surface area contributed by atoms with E-state index < -0.39 is 0 Å². The molecular weight excluding hydrogens is 224 g/mol. The highest BCUT2D eigenvalue weighted by Crippen LogP contribution is 2.06. The Kier molecular flexibility index (Phi) is 7.96. The quantitative estimate of drug-likeness (QED) is 0.591. The van der Waals surface area contributed by atoms with Crippen LogP contribution in [0.15, 0.2) is 24.3 Å². The highest BCUT2D eigenvalue weighted by Gasteiger charge is 1.94. The van der Waals surface area contributed by atoms with Crippen LogP contribution >= 0.6 is 0 Å². The molecule has 0 saturated heterocycles. The molecule has 18 heavy (non-hydrogen) atoms. The number of rotatable bonds is 7. The minimum absolute atomic E-state index is 0.118. The standard InChI is InChI=1S/C16H22O2/c1-2-3-6-12-18-14-16-10-7-9-15(13-16)8-4-5-11-17/h7,9-10,13,17H,2-3,5-6,11-12,14H2,1H3. The summed E-state index contributed by atoms with van der Waals surface area (Å²) in [6.45, 7) is 3.79. The van der Waals surface area contributed by atoms with E-state index in [0.717, 1.165) is 24.2 Å². The van der Waals surface area contributed by atoms with Crippen LogP contribution in [0.5, 0.6) is 0 Å². The minimum Gasteiger partial charge on any atom is -0.395 e. The third-order valence-electron chi connectivity index (χ3n) is 2.56. The van der Waals surface area contributed by atoms with Crippen LogP contribution in [0.4, 0.5) is 0 Å². The molecule has 1 aromatic carbocycles. The van der Waals surface area contributed by atoms with Crippen LogP contribution in [0.2, 0.25) is 0 Å². The van der Waals surface area contributed by atoms with Gasteiger partial charge >= 0.3 is 0 Å². The predicted molar refractivity (Wildman–Crippen MR) is 74.2 cm³/mol. The number of hydrogen-bond acceptors (Lipinski definition) is 2. The maximum Gasteiger partial charge on any atom is 0.0717 e. The molecule has 98 valence electrons. The van der Waals surface area contributed by atoms with Crippen molar-refractivity contribution in [1.82, 2.24) is 0 Å². The fourth-order valence-electron chi connectivity index (χ4n) is 1.60. The van der Waals surface area contributed by atoms with Crippen molar-refractivity contribution in [1.29, 1.82) is 0 Å². The van der Waals surface area contributed by atoms with Gasteiger partial charge in [-0.05, 0) is 24.1 Å². The van der Waals surface area contributed by atoms with Crippen LogP contribution in [-0.2, 0) is 11.3 Å². The smallest absolute Gasteiger partial charge is 0.0717 e. The number of aliphatic hydroxyl groups excluding tert-OH is 1. The maximum atomic E-state index is 8.66. The van der Waals surface area contributed by atoms with Crippen LogP contribution in [0, 0.1) is 11.8 Å². The zero-order valence-corrected chi connectivity index (χ0v) is 11.1. The molecule has 0 heterocycles. The van der Waals surface area contributed by atoms with Gasteiger partial charge in [0.2, 0.25) is 0 Å². The van der Waals surface area contributed by atoms with Gasteiger partial charge < -0.3 is 9.84 Å². The maximum absolute atomic E-state index is 8.66. The second-order valence-electron chi connectivity index (χ2n) is 4.24. The van der Waals surface area contributed by atoms with Crippen LogP contribution in [0.1, 0.15) is 43.7 Å². The Morgan fingerprint density at radius 2 is 2.17 bits per heavy atom. The molecule has 0 atom stereocenters. The Balaban J connectivity index is 2.38. The summed E-state index contributed by atoms with van der Waals surface area (Å²) in [7, 11) is 0. The summed E-state index contributed by atoms with van der Waals surface area (Å²) < 4.78 is 5.61. The highest BCUT2D eigenvalue weighted by atomic mass is 16.5. The largest absolute Gasteiger partial charge is 0.395 e. The molecule has 0 aliphatic carbocycles. The Morgan fingerprint density at radius 1 is 1.28 bits per heavy atom. The van der Waals surface area contributed by atoms with E-state index in [1.807, 2.05) is 18.2 Å². The fraction of sp³-hybridized carbons (Fsp3) is 0.500. The van der Waals surface area contributed by atoms with Crippen molar-refractivity contribution >= 4 is 0 Å². The summed E-state index contributed by atoms with van der Waals surface area (Å²) in [6, 6.07) is 8.07. The zero-order valence-electron chi connectivity index (χ0n) is 11.1. The van der Waals surface area contributed by atoms with Gasteiger partial charge in [-0.2, -0.15) is 0 Å². The first-order valence-corrected chi connectivity index (χ1v) is 6.63. The second kappa shape index (κ2) is 9.70. The Bertz CT molecular complexity index is 388. The number of unbranched alkanes of at least 4 members (excludes halogenated alkanes) is 2. The van der Waals surface area contributed by atoms with E-state index in [1.165, 1.54) is 12.8 Å². The molecule has 2 nitrogen and oxygen atoms in total. The lowest BCUT2D eigenvalue weighted by molar-refractivity contribution is 0.117. The van der Waals surface area contributed by atoms with Crippen molar-refractivity contribution in [2.24, 2.45) is 0 Å². The van der Waals surface area contributed by atoms with Crippen molar-refractivity contribution in [3.05, 3.63) is 35.4 Å². The first kappa shape index (κ1) is 14.8. The molecule has 0 aliphatic heterocycles. The third kappa shape index (κ3) is 6.44. The van der Waals surface area contributed by atoms with E-state index in [1.54, 1.807) is 0 Å². The van der Waals surface area contributed by atoms with Gasteiger partial charge in [-0.1, -0.05) is 43.7 Å². The average molecular weight is 246 g/mol. The summed E-state index contributed by atoms with van der Waals surface area (Å²) in [4.78, 5) is 0. The lowest BCUT2D eigenvalue weighted by Crippen LogP contribution is -1.95. The van der Waals surface area contributed by atoms with E-state index in [2.05, 4.69) is 24.8 Å². The van der Waals surface area contributed by atoms with E-state index in [0.29, 0.717) is 13.0 Å². The monoisotopic (exact) mass is 246 g/mol. The summed E-state index contributed by atoms with van der Waals surface area (Å²) in [5.41, 5.74) is 2.14. The first-order chi connectivity index (χ1) is 8.86. The molecule has 0 unspecified atom stereocenters. The molecule has 0 radical (unpaired) electrons. The Morgan fingerprint density at radius 3 is 2.94 bits per heavy atom. The molecule has 1 N–H and O–H groups in total. The summed E-state index contributed by atoms with van der Waals surface area (Å²) in [5.74, 6) is 5.95. The van der Waals surface area contributed by atoms with E-state index >= 15 is 0 Å². The van der Waals surface area contributed by atoms with Gasteiger partial charge in [0.25, 0.3) is 0 Å². The average Bonchev–Trinajstić information content (AvgIpc) is 2.39. The predicted octanol–water partition coefficient (Wildman–Crippen LogP) is 3.13. The molecule has 0 bridgehead atoms. The van der Waals surface area contributed by atoms with Gasteiger partial charge in [-0.15, -0.1) is 0 Å². The lowest BCUT2D eigenvalue weighted by Gasteiger charge is -2.04. The summed E-state index contributed by atoms with van der Waals surface area (Å²) in [6.07, 6.45) is 4.11. The zero-order chi connectivity index (χ0) is 13.1. The lowest BCUT2D eigenvalue weighted by atomic mass is 10.1. The molecule has 0 saturated carbocycles. The van der Waals surface area contributed by atoms with Gasteiger partial charge in [0, 0.05) is 18.6 Å². The van der Waals surface area contributed by atoms with Crippen LogP contribution in [-0.4, -0.2) is 18.3 Å². The summed E-state index contributed by atoms with van der Waals surface area (Å²) in [5, 5.41) is 8.66. The normalized spacial score (nSPS) is 9.89. The molecule has 0 aromatic heterocycles. The first-order valence-electron chi connectivity index (χ1n) is 6.63. The fourth-order valence-corrected chi connectivity index (χ4v) is 1.60. The Hall–Kier alpha value is -1.30. The molecule has 0 spiro atoms. The van der Waals surface area contributed by atoms with E-state index in [-0.39, 0.29) is 6.61 Å². The number of benzene rings is 1. The highest BCUT2D eigenvalue weighted by molar-refractivity contribution is 5.36. The molecule has 1 aromatic rings. The molecule has 2 heteroatoms. The van der Waals surface area contributed by atoms with Gasteiger partial charge in [0.15, 0.2) is 0 Å². The van der Waals surface area contributed by atoms with Crippen LogP contribution < -0.4 is 0 Å². The minimum atomic E-state index is 0.118. The van der Waals surface area contributed by atoms with Crippen molar-refractivity contribution in [3.63, 3.8) is 0 Å². The van der Waals surface area contributed by atoms with Gasteiger partial charge in [0.05, 0.1) is 13.2 Å². The molecule has 0 aliphatic rings. The third-order valence-corrected chi connectivity index (χ3v) is 2.56. The SMILES string of the molecule is CCCCCOCc1cccc(C#CCCO)c1. The summed E-state index contributed by atoms with van der Waals surface area (Å²) >= 11 is 0. The molecule has 0 fully saturated rings. The Labute approximate surface area is 110 Å². The van der Waals surface area contributed by atoms with Gasteiger partial charge in [-0.3, -0.25) is 0 Å². The van der Waals surface area contributed by atoms with E-state index in [9.17, 15) is 0 Å². The van der Waals surface area contributed by atoms with E-state index in [4.69, 9.17) is 9.84 Å². The number of hydrogen-bond donors (Lipinski definition) is 1. The van der Waals surface area contributed by atoms with Gasteiger partial charge in [-0.25, -0.2) is 0 Å². The molecule has 1 rings (SSSR count). The van der Waals surface area contributed by atoms with Crippen molar-refractivity contribution in [2.75, 3.05) is 13.2 Å². The topological polar surface area (TPSA) is 29.5 Å². The molecule has 0 amide bonds. The van der Waals surface area contributed by atoms with Crippen molar-refractivity contribution in [3.8, 4) is 11.8 Å². The number of ether oxygens (including phenoxy) is 1. The van der Waals surface area contributed by atoms with Crippen molar-refractivity contribution in [2.45, 2.75) is 39.2 Å². The van der Waals surface area contributed by atoms with Crippen LogP contribution in [0.25, 0.3) is 0 Å². The molecular formula is C16H22O2. The number of aliphatic hydroxyl groups is 1.